The molecule has 0 aromatic heterocycles. The number of carbonyl (C=O) groups excluding carboxylic acids is 1. The number of amides is 1. The summed E-state index contributed by atoms with van der Waals surface area (Å²) in [5.41, 5.74) is 2.18. The predicted molar refractivity (Wildman–Crippen MR) is 76.5 cm³/mol. The second kappa shape index (κ2) is 6.39. The highest BCUT2D eigenvalue weighted by Crippen LogP contribution is 2.15. The molecule has 100 valence electrons. The zero-order valence-electron chi connectivity index (χ0n) is 11.1. The van der Waals surface area contributed by atoms with Gasteiger partial charge < -0.3 is 10.1 Å². The summed E-state index contributed by atoms with van der Waals surface area (Å²) in [4.78, 5) is 11.9. The lowest BCUT2D eigenvalue weighted by atomic mass is 10.1. The van der Waals surface area contributed by atoms with Gasteiger partial charge in [0.2, 0.25) is 5.91 Å². The van der Waals surface area contributed by atoms with Crippen LogP contribution in [0.5, 0.6) is 5.75 Å². The Kier molecular flexibility index (Phi) is 4.35. The van der Waals surface area contributed by atoms with Gasteiger partial charge in [-0.15, -0.1) is 0 Å². The summed E-state index contributed by atoms with van der Waals surface area (Å²) < 4.78 is 5.05. The van der Waals surface area contributed by atoms with E-state index in [1.54, 1.807) is 55.6 Å². The summed E-state index contributed by atoms with van der Waals surface area (Å²) in [6.07, 6.45) is 0.276. The third kappa shape index (κ3) is 3.59. The summed E-state index contributed by atoms with van der Waals surface area (Å²) in [6, 6.07) is 16.2. The molecule has 0 saturated heterocycles. The first-order chi connectivity index (χ1) is 9.71. The van der Waals surface area contributed by atoms with Crippen molar-refractivity contribution in [2.75, 3.05) is 12.4 Å². The van der Waals surface area contributed by atoms with Crippen LogP contribution in [0.2, 0.25) is 0 Å². The number of ether oxygens (including phenoxy) is 1. The minimum atomic E-state index is -0.0973. The molecular weight excluding hydrogens is 252 g/mol. The second-order valence-electron chi connectivity index (χ2n) is 4.26. The zero-order valence-corrected chi connectivity index (χ0v) is 11.1. The number of carbonyl (C=O) groups is 1. The lowest BCUT2D eigenvalue weighted by molar-refractivity contribution is -0.115. The van der Waals surface area contributed by atoms with Crippen LogP contribution >= 0.6 is 0 Å². The fraction of sp³-hybridized carbons (Fsp3) is 0.125. The molecular formula is C16H14N2O2. The van der Waals surface area contributed by atoms with Crippen LogP contribution < -0.4 is 10.1 Å². The Hall–Kier alpha value is -2.80. The van der Waals surface area contributed by atoms with Crippen molar-refractivity contribution in [1.29, 1.82) is 5.26 Å². The molecule has 2 aromatic carbocycles. The molecule has 0 aliphatic heterocycles. The number of rotatable bonds is 4. The Bertz CT molecular complexity index is 625. The summed E-state index contributed by atoms with van der Waals surface area (Å²) in [6.45, 7) is 0. The molecule has 2 rings (SSSR count). The Labute approximate surface area is 117 Å². The first-order valence-electron chi connectivity index (χ1n) is 6.14. The van der Waals surface area contributed by atoms with Crippen LogP contribution in [0.4, 0.5) is 5.69 Å². The van der Waals surface area contributed by atoms with Crippen LogP contribution in [0, 0.1) is 11.3 Å². The monoisotopic (exact) mass is 266 g/mol. The Morgan fingerprint density at radius 3 is 2.35 bits per heavy atom. The molecule has 4 nitrogen and oxygen atoms in total. The molecule has 0 heterocycles. The van der Waals surface area contributed by atoms with Gasteiger partial charge in [0.1, 0.15) is 5.75 Å². The smallest absolute Gasteiger partial charge is 0.228 e. The molecule has 0 saturated carbocycles. The van der Waals surface area contributed by atoms with Gasteiger partial charge in [0, 0.05) is 5.69 Å². The average molecular weight is 266 g/mol. The summed E-state index contributed by atoms with van der Waals surface area (Å²) >= 11 is 0. The highest BCUT2D eigenvalue weighted by molar-refractivity contribution is 5.92. The maximum atomic E-state index is 11.9. The van der Waals surface area contributed by atoms with E-state index in [9.17, 15) is 4.79 Å². The molecule has 0 unspecified atom stereocenters. The number of methoxy groups -OCH3 is 1. The molecule has 0 fully saturated rings. The topological polar surface area (TPSA) is 62.1 Å². The number of hydrogen-bond donors (Lipinski definition) is 1. The quantitative estimate of drug-likeness (QED) is 0.925. The van der Waals surface area contributed by atoms with Crippen LogP contribution in [0.25, 0.3) is 0 Å². The number of hydrogen-bond acceptors (Lipinski definition) is 3. The van der Waals surface area contributed by atoms with Gasteiger partial charge in [-0.1, -0.05) is 12.1 Å². The minimum Gasteiger partial charge on any atom is -0.497 e. The van der Waals surface area contributed by atoms with Crippen LogP contribution in [0.1, 0.15) is 11.1 Å². The maximum Gasteiger partial charge on any atom is 0.228 e. The number of nitriles is 1. The zero-order chi connectivity index (χ0) is 14.4. The van der Waals surface area contributed by atoms with Gasteiger partial charge in [-0.05, 0) is 42.0 Å². The molecule has 0 aliphatic rings. The SMILES string of the molecule is COc1ccc(NC(=O)Cc2ccc(C#N)cc2)cc1. The third-order valence-corrected chi connectivity index (χ3v) is 2.82. The van der Waals surface area contributed by atoms with Crippen molar-refractivity contribution in [3.63, 3.8) is 0 Å². The molecule has 1 N–H and O–H groups in total. The lowest BCUT2D eigenvalue weighted by Gasteiger charge is -2.06. The van der Waals surface area contributed by atoms with E-state index in [-0.39, 0.29) is 12.3 Å². The third-order valence-electron chi connectivity index (χ3n) is 2.82. The van der Waals surface area contributed by atoms with E-state index >= 15 is 0 Å². The van der Waals surface area contributed by atoms with Crippen molar-refractivity contribution in [3.05, 3.63) is 59.7 Å². The highest BCUT2D eigenvalue weighted by atomic mass is 16.5. The number of nitrogens with zero attached hydrogens (tertiary/aromatic N) is 1. The molecule has 20 heavy (non-hydrogen) atoms. The Morgan fingerprint density at radius 1 is 1.15 bits per heavy atom. The Morgan fingerprint density at radius 2 is 1.80 bits per heavy atom. The van der Waals surface area contributed by atoms with Crippen molar-refractivity contribution in [3.8, 4) is 11.8 Å². The second-order valence-corrected chi connectivity index (χ2v) is 4.26. The summed E-state index contributed by atoms with van der Waals surface area (Å²) in [5.74, 6) is 0.648. The lowest BCUT2D eigenvalue weighted by Crippen LogP contribution is -2.14. The fourth-order valence-corrected chi connectivity index (χ4v) is 1.76. The predicted octanol–water partition coefficient (Wildman–Crippen LogP) is 2.75. The minimum absolute atomic E-state index is 0.0973. The van der Waals surface area contributed by atoms with Crippen molar-refractivity contribution in [1.82, 2.24) is 0 Å². The summed E-state index contributed by atoms with van der Waals surface area (Å²) in [5, 5.41) is 11.5. The van der Waals surface area contributed by atoms with E-state index in [1.165, 1.54) is 0 Å². The van der Waals surface area contributed by atoms with E-state index < -0.39 is 0 Å². The molecule has 0 aliphatic carbocycles. The van der Waals surface area contributed by atoms with Gasteiger partial charge in [-0.3, -0.25) is 4.79 Å². The van der Waals surface area contributed by atoms with Gasteiger partial charge in [0.15, 0.2) is 0 Å². The van der Waals surface area contributed by atoms with E-state index in [2.05, 4.69) is 5.32 Å². The average Bonchev–Trinajstić information content (AvgIpc) is 2.49. The molecule has 1 amide bonds. The van der Waals surface area contributed by atoms with Crippen LogP contribution in [0.15, 0.2) is 48.5 Å². The molecule has 0 atom stereocenters. The van der Waals surface area contributed by atoms with E-state index in [4.69, 9.17) is 10.00 Å². The van der Waals surface area contributed by atoms with E-state index in [1.807, 2.05) is 6.07 Å². The van der Waals surface area contributed by atoms with Crippen molar-refractivity contribution < 1.29 is 9.53 Å². The molecule has 0 spiro atoms. The Balaban J connectivity index is 1.95. The van der Waals surface area contributed by atoms with E-state index in [0.29, 0.717) is 5.56 Å². The van der Waals surface area contributed by atoms with Crippen molar-refractivity contribution >= 4 is 11.6 Å². The van der Waals surface area contributed by atoms with Crippen molar-refractivity contribution in [2.24, 2.45) is 0 Å². The van der Waals surface area contributed by atoms with Gasteiger partial charge in [0.05, 0.1) is 25.2 Å². The molecule has 0 bridgehead atoms. The fourth-order valence-electron chi connectivity index (χ4n) is 1.76. The van der Waals surface area contributed by atoms with Crippen molar-refractivity contribution in [2.45, 2.75) is 6.42 Å². The van der Waals surface area contributed by atoms with Crippen LogP contribution in [-0.2, 0) is 11.2 Å². The van der Waals surface area contributed by atoms with Gasteiger partial charge >= 0.3 is 0 Å². The molecule has 2 aromatic rings. The van der Waals surface area contributed by atoms with Crippen LogP contribution in [-0.4, -0.2) is 13.0 Å². The standard InChI is InChI=1S/C16H14N2O2/c1-20-15-8-6-14(7-9-15)18-16(19)10-12-2-4-13(11-17)5-3-12/h2-9H,10H2,1H3,(H,18,19). The highest BCUT2D eigenvalue weighted by Gasteiger charge is 2.04. The first kappa shape index (κ1) is 13.6. The van der Waals surface area contributed by atoms with Crippen LogP contribution in [0.3, 0.4) is 0 Å². The van der Waals surface area contributed by atoms with Gasteiger partial charge in [-0.2, -0.15) is 5.26 Å². The van der Waals surface area contributed by atoms with Gasteiger partial charge in [-0.25, -0.2) is 0 Å². The maximum absolute atomic E-state index is 11.9. The van der Waals surface area contributed by atoms with E-state index in [0.717, 1.165) is 17.0 Å². The molecule has 0 radical (unpaired) electrons. The van der Waals surface area contributed by atoms with Gasteiger partial charge in [0.25, 0.3) is 0 Å². The number of nitrogens with one attached hydrogen (secondary N) is 1. The largest absolute Gasteiger partial charge is 0.497 e. The number of benzene rings is 2. The number of anilines is 1. The normalized spacial score (nSPS) is 9.60. The summed E-state index contributed by atoms with van der Waals surface area (Å²) in [7, 11) is 1.60. The molecule has 4 heteroatoms. The first-order valence-corrected chi connectivity index (χ1v) is 6.14.